The summed E-state index contributed by atoms with van der Waals surface area (Å²) < 4.78 is 38.8. The molecule has 1 fully saturated rings. The molecule has 0 bridgehead atoms. The summed E-state index contributed by atoms with van der Waals surface area (Å²) in [6, 6.07) is 3.15. The fraction of sp³-hybridized carbons (Fsp3) is 0.348. The molecule has 2 heterocycles. The Balaban J connectivity index is 1.74. The number of piperidine rings is 1. The van der Waals surface area contributed by atoms with E-state index in [1.54, 1.807) is 25.2 Å². The van der Waals surface area contributed by atoms with E-state index in [9.17, 15) is 32.3 Å². The number of hydrogen-bond acceptors (Lipinski definition) is 5. The Hall–Kier alpha value is -3.76. The van der Waals surface area contributed by atoms with Gasteiger partial charge in [0.1, 0.15) is 11.9 Å². The fourth-order valence-electron chi connectivity index (χ4n) is 3.63. The zero-order valence-corrected chi connectivity index (χ0v) is 18.3. The molecule has 3 rings (SSSR count). The van der Waals surface area contributed by atoms with E-state index in [4.69, 9.17) is 0 Å². The Morgan fingerprint density at radius 3 is 2.74 bits per heavy atom. The van der Waals surface area contributed by atoms with Crippen LogP contribution in [0.15, 0.2) is 53.1 Å². The summed E-state index contributed by atoms with van der Waals surface area (Å²) in [5.74, 6) is -1.86. The molecule has 8 nitrogen and oxygen atoms in total. The van der Waals surface area contributed by atoms with Gasteiger partial charge in [-0.3, -0.25) is 34.4 Å². The van der Waals surface area contributed by atoms with Gasteiger partial charge >= 0.3 is 6.18 Å². The number of allylic oxidation sites excluding steroid dienone is 2. The lowest BCUT2D eigenvalue weighted by Gasteiger charge is -2.33. The van der Waals surface area contributed by atoms with E-state index in [1.165, 1.54) is 11.0 Å². The molecule has 1 aromatic carbocycles. The van der Waals surface area contributed by atoms with Crippen molar-refractivity contribution in [3.05, 3.63) is 59.2 Å². The molecule has 11 heteroatoms. The van der Waals surface area contributed by atoms with E-state index in [0.29, 0.717) is 11.4 Å². The van der Waals surface area contributed by atoms with Crippen molar-refractivity contribution in [1.82, 2.24) is 15.5 Å². The first-order chi connectivity index (χ1) is 16.1. The number of amides is 4. The standard InChI is InChI=1S/C23H23F3N4O4/c1-14-27-10-3-2-5-15(11-20(32)30(14)18-8-9-19(31)29-22(18)34)13-28-21(33)16-6-4-7-17(12-16)23(24,25)26/h2-7,12,18H,8-11,13H2,1H3,(H,28,33)(H,29,31,34)/b3-2-,15-5+,27-14?. The molecule has 0 spiro atoms. The molecule has 0 radical (unpaired) electrons. The number of hydrogen-bond donors (Lipinski definition) is 2. The highest BCUT2D eigenvalue weighted by atomic mass is 19.4. The summed E-state index contributed by atoms with van der Waals surface area (Å²) in [5.41, 5.74) is -0.621. The van der Waals surface area contributed by atoms with Gasteiger partial charge in [0.25, 0.3) is 5.91 Å². The topological polar surface area (TPSA) is 108 Å². The molecule has 2 N–H and O–H groups in total. The maximum Gasteiger partial charge on any atom is 0.416 e. The first-order valence-corrected chi connectivity index (χ1v) is 10.5. The first kappa shape index (κ1) is 24.9. The average Bonchev–Trinajstić information content (AvgIpc) is 2.77. The van der Waals surface area contributed by atoms with Crippen LogP contribution in [0.3, 0.4) is 0 Å². The van der Waals surface area contributed by atoms with E-state index < -0.39 is 41.4 Å². The molecule has 1 saturated heterocycles. The number of halogens is 3. The summed E-state index contributed by atoms with van der Waals surface area (Å²) in [5, 5.41) is 4.76. The molecule has 34 heavy (non-hydrogen) atoms. The maximum atomic E-state index is 13.1. The minimum absolute atomic E-state index is 0.0864. The minimum Gasteiger partial charge on any atom is -0.348 e. The third kappa shape index (κ3) is 6.18. The van der Waals surface area contributed by atoms with Crippen molar-refractivity contribution in [2.45, 2.75) is 38.4 Å². The van der Waals surface area contributed by atoms with Crippen LogP contribution in [-0.2, 0) is 20.6 Å². The fourth-order valence-corrected chi connectivity index (χ4v) is 3.63. The smallest absolute Gasteiger partial charge is 0.348 e. The van der Waals surface area contributed by atoms with Crippen LogP contribution in [0.25, 0.3) is 0 Å². The van der Waals surface area contributed by atoms with Crippen molar-refractivity contribution in [2.75, 3.05) is 13.1 Å². The van der Waals surface area contributed by atoms with Gasteiger partial charge in [-0.05, 0) is 37.1 Å². The van der Waals surface area contributed by atoms with Crippen LogP contribution >= 0.6 is 0 Å². The normalized spacial score (nSPS) is 22.3. The molecular weight excluding hydrogens is 453 g/mol. The Kier molecular flexibility index (Phi) is 7.64. The number of nitrogens with zero attached hydrogens (tertiary/aromatic N) is 2. The van der Waals surface area contributed by atoms with Crippen molar-refractivity contribution in [1.29, 1.82) is 0 Å². The van der Waals surface area contributed by atoms with Crippen LogP contribution < -0.4 is 10.6 Å². The Bertz CT molecular complexity index is 1090. The zero-order chi connectivity index (χ0) is 24.9. The largest absolute Gasteiger partial charge is 0.416 e. The Morgan fingerprint density at radius 2 is 2.03 bits per heavy atom. The van der Waals surface area contributed by atoms with Gasteiger partial charge < -0.3 is 5.32 Å². The lowest BCUT2D eigenvalue weighted by Crippen LogP contribution is -2.56. The highest BCUT2D eigenvalue weighted by molar-refractivity contribution is 6.07. The summed E-state index contributed by atoms with van der Waals surface area (Å²) in [7, 11) is 0. The number of benzene rings is 1. The summed E-state index contributed by atoms with van der Waals surface area (Å²) in [6.45, 7) is 1.74. The van der Waals surface area contributed by atoms with Gasteiger partial charge in [-0.15, -0.1) is 0 Å². The quantitative estimate of drug-likeness (QED) is 0.651. The van der Waals surface area contributed by atoms with E-state index in [-0.39, 0.29) is 37.9 Å². The summed E-state index contributed by atoms with van der Waals surface area (Å²) >= 11 is 0. The Morgan fingerprint density at radius 1 is 1.26 bits per heavy atom. The number of imide groups is 1. The summed E-state index contributed by atoms with van der Waals surface area (Å²) in [6.07, 6.45) is 0.494. The minimum atomic E-state index is -4.58. The highest BCUT2D eigenvalue weighted by Gasteiger charge is 2.36. The van der Waals surface area contributed by atoms with Gasteiger partial charge in [-0.1, -0.05) is 24.3 Å². The molecule has 1 aromatic rings. The average molecular weight is 476 g/mol. The van der Waals surface area contributed by atoms with Gasteiger partial charge in [-0.2, -0.15) is 13.2 Å². The summed E-state index contributed by atoms with van der Waals surface area (Å²) in [4.78, 5) is 55.0. The van der Waals surface area contributed by atoms with E-state index >= 15 is 0 Å². The molecule has 0 aliphatic carbocycles. The van der Waals surface area contributed by atoms with Crippen LogP contribution in [0, 0.1) is 0 Å². The van der Waals surface area contributed by atoms with Crippen LogP contribution in [-0.4, -0.2) is 53.5 Å². The number of alkyl halides is 3. The zero-order valence-electron chi connectivity index (χ0n) is 18.3. The van der Waals surface area contributed by atoms with Crippen molar-refractivity contribution in [2.24, 2.45) is 4.99 Å². The van der Waals surface area contributed by atoms with Crippen LogP contribution in [0.5, 0.6) is 0 Å². The molecule has 4 amide bonds. The molecule has 2 aliphatic rings. The lowest BCUT2D eigenvalue weighted by molar-refractivity contribution is -0.142. The van der Waals surface area contributed by atoms with Crippen LogP contribution in [0.1, 0.15) is 42.1 Å². The van der Waals surface area contributed by atoms with Gasteiger partial charge in [0.05, 0.1) is 18.5 Å². The van der Waals surface area contributed by atoms with E-state index in [2.05, 4.69) is 15.6 Å². The number of nitrogens with one attached hydrogen (secondary N) is 2. The highest BCUT2D eigenvalue weighted by Crippen LogP contribution is 2.29. The van der Waals surface area contributed by atoms with E-state index in [1.807, 2.05) is 0 Å². The van der Waals surface area contributed by atoms with Gasteiger partial charge in [-0.25, -0.2) is 0 Å². The number of carbonyl (C=O) groups is 4. The van der Waals surface area contributed by atoms with Gasteiger partial charge in [0.2, 0.25) is 17.7 Å². The number of carbonyl (C=O) groups excluding carboxylic acids is 4. The van der Waals surface area contributed by atoms with Crippen LogP contribution in [0.2, 0.25) is 0 Å². The van der Waals surface area contributed by atoms with E-state index in [0.717, 1.165) is 18.2 Å². The van der Waals surface area contributed by atoms with Crippen molar-refractivity contribution in [3.8, 4) is 0 Å². The van der Waals surface area contributed by atoms with Gasteiger partial charge in [0.15, 0.2) is 0 Å². The molecule has 2 aliphatic heterocycles. The SMILES string of the molecule is CC1=NC/C=C\C=C(\CNC(=O)c2cccc(C(F)(F)F)c2)CC(=O)N1C1CCC(=O)NC1=O. The van der Waals surface area contributed by atoms with Crippen molar-refractivity contribution < 1.29 is 32.3 Å². The first-order valence-electron chi connectivity index (χ1n) is 10.5. The maximum absolute atomic E-state index is 13.1. The monoisotopic (exact) mass is 476 g/mol. The second-order valence-corrected chi connectivity index (χ2v) is 7.81. The third-order valence-electron chi connectivity index (χ3n) is 5.34. The van der Waals surface area contributed by atoms with Crippen LogP contribution in [0.4, 0.5) is 13.2 Å². The molecule has 1 unspecified atom stereocenters. The second kappa shape index (κ2) is 10.4. The second-order valence-electron chi connectivity index (χ2n) is 7.81. The predicted molar refractivity (Wildman–Crippen MR) is 117 cm³/mol. The Labute approximate surface area is 193 Å². The molecular formula is C23H23F3N4O4. The number of aliphatic imine (C=N–C) groups is 1. The van der Waals surface area contributed by atoms with Crippen molar-refractivity contribution >= 4 is 29.5 Å². The molecule has 1 atom stereocenters. The number of amidine groups is 1. The third-order valence-corrected chi connectivity index (χ3v) is 5.34. The molecule has 0 saturated carbocycles. The lowest BCUT2D eigenvalue weighted by atomic mass is 10.0. The van der Waals surface area contributed by atoms with Crippen molar-refractivity contribution in [3.63, 3.8) is 0 Å². The van der Waals surface area contributed by atoms with Gasteiger partial charge in [0, 0.05) is 18.5 Å². The molecule has 0 aromatic heterocycles. The molecule has 180 valence electrons. The number of rotatable bonds is 4. The predicted octanol–water partition coefficient (Wildman–Crippen LogP) is 2.37.